The van der Waals surface area contributed by atoms with Crippen molar-refractivity contribution in [2.24, 2.45) is 17.8 Å². The molecule has 1 saturated carbocycles. The van der Waals surface area contributed by atoms with E-state index in [1.54, 1.807) is 23.5 Å². The molecule has 8 nitrogen and oxygen atoms in total. The molecule has 41 heavy (non-hydrogen) atoms. The lowest BCUT2D eigenvalue weighted by atomic mass is 9.85. The topological polar surface area (TPSA) is 107 Å². The number of carbonyl (C=O) groups excluding carboxylic acids is 1. The highest BCUT2D eigenvalue weighted by atomic mass is 32.1. The van der Waals surface area contributed by atoms with Crippen molar-refractivity contribution < 1.29 is 19.4 Å². The maximum atomic E-state index is 12.9. The minimum absolute atomic E-state index is 0.0194. The van der Waals surface area contributed by atoms with Gasteiger partial charge < -0.3 is 19.6 Å². The van der Waals surface area contributed by atoms with Crippen molar-refractivity contribution in [3.05, 3.63) is 64.0 Å². The highest BCUT2D eigenvalue weighted by molar-refractivity contribution is 7.14. The minimum Gasteiger partial charge on any atom is -0.488 e. The first-order valence-corrected chi connectivity index (χ1v) is 15.3. The first-order chi connectivity index (χ1) is 19.9. The molecule has 0 spiro atoms. The minimum atomic E-state index is -0.665. The van der Waals surface area contributed by atoms with Crippen molar-refractivity contribution in [3.63, 3.8) is 0 Å². The van der Waals surface area contributed by atoms with Crippen molar-refractivity contribution in [1.82, 2.24) is 9.88 Å². The van der Waals surface area contributed by atoms with E-state index in [9.17, 15) is 20.0 Å². The van der Waals surface area contributed by atoms with Crippen LogP contribution in [0.2, 0.25) is 0 Å². The molecule has 1 aromatic heterocycles. The van der Waals surface area contributed by atoms with E-state index < -0.39 is 5.97 Å². The summed E-state index contributed by atoms with van der Waals surface area (Å²) >= 11 is 1.58. The molecule has 2 atom stereocenters. The van der Waals surface area contributed by atoms with E-state index in [1.807, 2.05) is 35.4 Å². The first kappa shape index (κ1) is 27.3. The van der Waals surface area contributed by atoms with Gasteiger partial charge in [0.05, 0.1) is 23.2 Å². The van der Waals surface area contributed by atoms with Gasteiger partial charge in [0.2, 0.25) is 0 Å². The Morgan fingerprint density at radius 3 is 2.56 bits per heavy atom. The second-order valence-corrected chi connectivity index (χ2v) is 12.3. The summed E-state index contributed by atoms with van der Waals surface area (Å²) in [5.41, 5.74) is 4.49. The van der Waals surface area contributed by atoms with Crippen LogP contribution in [-0.4, -0.2) is 53.0 Å². The number of carbonyl (C=O) groups is 2. The van der Waals surface area contributed by atoms with E-state index in [1.165, 1.54) is 0 Å². The van der Waals surface area contributed by atoms with E-state index in [0.29, 0.717) is 16.9 Å². The molecule has 9 heteroatoms. The van der Waals surface area contributed by atoms with E-state index in [4.69, 9.17) is 9.72 Å². The SMILES string of the molecule is Cc1ccc(OCc2ccc(C(=O)N3CCCCC3)cc2C#N)c(-c2csc(N3CC4CCC(C3)C4C(=O)O)n2)c1. The monoisotopic (exact) mass is 570 g/mol. The highest BCUT2D eigenvalue weighted by Crippen LogP contribution is 2.44. The number of nitrogens with zero attached hydrogens (tertiary/aromatic N) is 4. The number of carboxylic acid groups (broad SMARTS) is 1. The predicted molar refractivity (Wildman–Crippen MR) is 157 cm³/mol. The predicted octanol–water partition coefficient (Wildman–Crippen LogP) is 5.74. The van der Waals surface area contributed by atoms with Crippen molar-refractivity contribution in [3.8, 4) is 23.1 Å². The first-order valence-electron chi connectivity index (χ1n) is 14.4. The number of benzene rings is 2. The van der Waals surface area contributed by atoms with Crippen molar-refractivity contribution in [1.29, 1.82) is 5.26 Å². The van der Waals surface area contributed by atoms with Gasteiger partial charge in [-0.05, 0) is 75.1 Å². The van der Waals surface area contributed by atoms with Gasteiger partial charge in [-0.3, -0.25) is 9.59 Å². The number of anilines is 1. The van der Waals surface area contributed by atoms with Gasteiger partial charge in [0.25, 0.3) is 5.91 Å². The fourth-order valence-corrected chi connectivity index (χ4v) is 7.51. The zero-order chi connectivity index (χ0) is 28.5. The van der Waals surface area contributed by atoms with Gasteiger partial charge in [0.15, 0.2) is 5.13 Å². The van der Waals surface area contributed by atoms with Gasteiger partial charge >= 0.3 is 5.97 Å². The van der Waals surface area contributed by atoms with E-state index in [2.05, 4.69) is 17.0 Å². The largest absolute Gasteiger partial charge is 0.488 e. The molecule has 3 heterocycles. The third kappa shape index (κ3) is 5.53. The third-order valence-corrected chi connectivity index (χ3v) is 9.70. The molecule has 1 aliphatic carbocycles. The second kappa shape index (κ2) is 11.5. The molecule has 212 valence electrons. The number of carboxylic acids is 1. The maximum Gasteiger partial charge on any atom is 0.307 e. The van der Waals surface area contributed by atoms with Crippen LogP contribution in [0.25, 0.3) is 11.3 Å². The summed E-state index contributed by atoms with van der Waals surface area (Å²) in [5.74, 6) is 0.0992. The molecular weight excluding hydrogens is 536 g/mol. The number of aromatic nitrogens is 1. The van der Waals surface area contributed by atoms with Crippen LogP contribution in [0, 0.1) is 36.0 Å². The number of ether oxygens (including phenoxy) is 1. The van der Waals surface area contributed by atoms with Crippen molar-refractivity contribution in [2.75, 3.05) is 31.1 Å². The second-order valence-electron chi connectivity index (χ2n) is 11.5. The number of hydrogen-bond donors (Lipinski definition) is 1. The van der Waals surface area contributed by atoms with Crippen LogP contribution in [0.3, 0.4) is 0 Å². The number of fused-ring (bicyclic) bond motifs is 2. The van der Waals surface area contributed by atoms with E-state index in [-0.39, 0.29) is 30.3 Å². The fraction of sp³-hybridized carbons (Fsp3) is 0.438. The normalized spacial score (nSPS) is 21.9. The van der Waals surface area contributed by atoms with Gasteiger partial charge in [0.1, 0.15) is 12.4 Å². The molecule has 2 aromatic carbocycles. The lowest BCUT2D eigenvalue weighted by molar-refractivity contribution is -0.144. The van der Waals surface area contributed by atoms with Gasteiger partial charge in [-0.25, -0.2) is 4.98 Å². The summed E-state index contributed by atoms with van der Waals surface area (Å²) in [6, 6.07) is 13.5. The number of nitriles is 1. The molecular formula is C32H34N4O4S. The van der Waals surface area contributed by atoms with E-state index >= 15 is 0 Å². The quantitative estimate of drug-likeness (QED) is 0.386. The van der Waals surface area contributed by atoms with Crippen LogP contribution in [-0.2, 0) is 11.4 Å². The molecule has 2 unspecified atom stereocenters. The lowest BCUT2D eigenvalue weighted by Crippen LogP contribution is -2.44. The molecule has 1 N–H and O–H groups in total. The number of likely N-dealkylation sites (tertiary alicyclic amines) is 1. The molecule has 2 bridgehead atoms. The third-order valence-electron chi connectivity index (χ3n) is 8.80. The fourth-order valence-electron chi connectivity index (χ4n) is 6.66. The van der Waals surface area contributed by atoms with Gasteiger partial charge in [-0.15, -0.1) is 11.3 Å². The van der Waals surface area contributed by atoms with E-state index in [0.717, 1.165) is 85.8 Å². The van der Waals surface area contributed by atoms with Crippen molar-refractivity contribution in [2.45, 2.75) is 45.6 Å². The molecule has 3 fully saturated rings. The zero-order valence-electron chi connectivity index (χ0n) is 23.2. The number of aryl methyl sites for hydroxylation is 1. The lowest BCUT2D eigenvalue weighted by Gasteiger charge is -2.35. The van der Waals surface area contributed by atoms with Crippen molar-refractivity contribution >= 4 is 28.3 Å². The Balaban J connectivity index is 1.18. The van der Waals surface area contributed by atoms with Crippen LogP contribution < -0.4 is 9.64 Å². The zero-order valence-corrected chi connectivity index (χ0v) is 24.0. The average molecular weight is 571 g/mol. The summed E-state index contributed by atoms with van der Waals surface area (Å²) in [6.07, 6.45) is 5.12. The molecule has 6 rings (SSSR count). The molecule has 2 aliphatic heterocycles. The standard InChI is InChI=1S/C32H34N4O4S/c1-20-5-10-28(40-18-24-9-6-21(14-25(24)15-33)30(37)35-11-3-2-4-12-35)26(13-20)27-19-41-32(34-27)36-16-22-7-8-23(17-36)29(22)31(38)39/h5-6,9-10,13-14,19,22-23,29H,2-4,7-8,11-12,16-18H2,1H3,(H,38,39). The summed E-state index contributed by atoms with van der Waals surface area (Å²) in [6.45, 7) is 5.21. The number of aliphatic carboxylic acids is 1. The Hall–Kier alpha value is -3.90. The average Bonchev–Trinajstić information content (AvgIpc) is 3.59. The smallest absolute Gasteiger partial charge is 0.307 e. The summed E-state index contributed by atoms with van der Waals surface area (Å²) < 4.78 is 6.27. The number of thiazole rings is 1. The Morgan fingerprint density at radius 1 is 1.10 bits per heavy atom. The Kier molecular flexibility index (Phi) is 7.67. The Bertz CT molecular complexity index is 1490. The Morgan fingerprint density at radius 2 is 1.85 bits per heavy atom. The summed E-state index contributed by atoms with van der Waals surface area (Å²) in [5, 5.41) is 22.4. The van der Waals surface area contributed by atoms with Gasteiger partial charge in [0, 0.05) is 48.2 Å². The van der Waals surface area contributed by atoms with Crippen LogP contribution in [0.1, 0.15) is 59.2 Å². The summed E-state index contributed by atoms with van der Waals surface area (Å²) in [4.78, 5) is 33.8. The van der Waals surface area contributed by atoms with Gasteiger partial charge in [-0.1, -0.05) is 17.7 Å². The summed E-state index contributed by atoms with van der Waals surface area (Å²) in [7, 11) is 0. The molecule has 3 aromatic rings. The van der Waals surface area contributed by atoms with Crippen LogP contribution in [0.4, 0.5) is 5.13 Å². The molecule has 2 saturated heterocycles. The number of rotatable bonds is 7. The van der Waals surface area contributed by atoms with Gasteiger partial charge in [-0.2, -0.15) is 5.26 Å². The number of amides is 1. The van der Waals surface area contributed by atoms with Crippen LogP contribution >= 0.6 is 11.3 Å². The van der Waals surface area contributed by atoms with Crippen LogP contribution in [0.5, 0.6) is 5.75 Å². The molecule has 0 radical (unpaired) electrons. The molecule has 1 amide bonds. The highest BCUT2D eigenvalue weighted by Gasteiger charge is 2.46. The molecule has 3 aliphatic rings. The van der Waals surface area contributed by atoms with Crippen LogP contribution in [0.15, 0.2) is 41.8 Å². The number of hydrogen-bond acceptors (Lipinski definition) is 7. The number of piperidine rings is 2. The Labute approximate surface area is 244 Å². The maximum absolute atomic E-state index is 12.9.